The summed E-state index contributed by atoms with van der Waals surface area (Å²) in [6.07, 6.45) is 0.894. The number of hydrogen-bond acceptors (Lipinski definition) is 5. The molecule has 3 aromatic rings. The lowest BCUT2D eigenvalue weighted by Gasteiger charge is -2.17. The summed E-state index contributed by atoms with van der Waals surface area (Å²) in [5, 5.41) is 6.67. The van der Waals surface area contributed by atoms with Gasteiger partial charge in [0.05, 0.1) is 21.1 Å². The fourth-order valence-corrected chi connectivity index (χ4v) is 4.66. The molecule has 0 spiro atoms. The third-order valence-electron chi connectivity index (χ3n) is 5.35. The van der Waals surface area contributed by atoms with E-state index in [4.69, 9.17) is 0 Å². The molecule has 2 N–H and O–H groups in total. The Morgan fingerprint density at radius 1 is 1.19 bits per heavy atom. The molecule has 2 heterocycles. The molecular formula is C23H24N4O3S. The van der Waals surface area contributed by atoms with Crippen molar-refractivity contribution in [2.24, 2.45) is 5.92 Å². The molecule has 0 saturated carbocycles. The highest BCUT2D eigenvalue weighted by atomic mass is 32.1. The summed E-state index contributed by atoms with van der Waals surface area (Å²) < 4.78 is 1.08. The largest absolute Gasteiger partial charge is 0.326 e. The number of nitrogens with zero attached hydrogens (tertiary/aromatic N) is 2. The zero-order valence-corrected chi connectivity index (χ0v) is 18.5. The molecule has 7 nitrogen and oxygen atoms in total. The van der Waals surface area contributed by atoms with Gasteiger partial charge in [-0.2, -0.15) is 0 Å². The first kappa shape index (κ1) is 21.0. The molecule has 0 bridgehead atoms. The summed E-state index contributed by atoms with van der Waals surface area (Å²) in [5.41, 5.74) is 3.87. The van der Waals surface area contributed by atoms with Crippen molar-refractivity contribution < 1.29 is 14.4 Å². The Bertz CT molecular complexity index is 1190. The van der Waals surface area contributed by atoms with Crippen LogP contribution in [0.15, 0.2) is 36.4 Å². The SMILES string of the molecule is CCc1ccc(NC(C)=O)cc1NC(=O)C1CC(=O)N(c2ccc3sc(C)nc3c2)C1. The molecule has 31 heavy (non-hydrogen) atoms. The second-order valence-electron chi connectivity index (χ2n) is 7.69. The number of hydrogen-bond donors (Lipinski definition) is 2. The third-order valence-corrected chi connectivity index (χ3v) is 6.31. The van der Waals surface area contributed by atoms with Gasteiger partial charge in [-0.05, 0) is 49.2 Å². The molecule has 1 aliphatic rings. The maximum absolute atomic E-state index is 13.0. The minimum atomic E-state index is -0.450. The molecule has 1 aromatic heterocycles. The fraction of sp³-hybridized carbons (Fsp3) is 0.304. The molecule has 160 valence electrons. The number of fused-ring (bicyclic) bond motifs is 1. The summed E-state index contributed by atoms with van der Waals surface area (Å²) in [6, 6.07) is 11.2. The van der Waals surface area contributed by atoms with Gasteiger partial charge < -0.3 is 15.5 Å². The first-order chi connectivity index (χ1) is 14.8. The van der Waals surface area contributed by atoms with Gasteiger partial charge in [-0.3, -0.25) is 14.4 Å². The highest BCUT2D eigenvalue weighted by molar-refractivity contribution is 7.18. The molecular weight excluding hydrogens is 412 g/mol. The van der Waals surface area contributed by atoms with Gasteiger partial charge in [0.1, 0.15) is 0 Å². The molecule has 1 aliphatic heterocycles. The van der Waals surface area contributed by atoms with Crippen LogP contribution in [0.2, 0.25) is 0 Å². The van der Waals surface area contributed by atoms with E-state index in [-0.39, 0.29) is 24.1 Å². The number of amides is 3. The predicted molar refractivity (Wildman–Crippen MR) is 124 cm³/mol. The molecule has 0 radical (unpaired) electrons. The molecule has 8 heteroatoms. The van der Waals surface area contributed by atoms with Crippen molar-refractivity contribution in [3.63, 3.8) is 0 Å². The van der Waals surface area contributed by atoms with E-state index < -0.39 is 5.92 Å². The average Bonchev–Trinajstić information content (AvgIpc) is 3.28. The van der Waals surface area contributed by atoms with Crippen LogP contribution in [-0.4, -0.2) is 29.3 Å². The third kappa shape index (κ3) is 4.44. The first-order valence-electron chi connectivity index (χ1n) is 10.2. The maximum Gasteiger partial charge on any atom is 0.229 e. The number of rotatable bonds is 5. The number of carbonyl (C=O) groups excluding carboxylic acids is 3. The topological polar surface area (TPSA) is 91.4 Å². The van der Waals surface area contributed by atoms with E-state index in [0.717, 1.165) is 32.9 Å². The molecule has 2 aromatic carbocycles. The lowest BCUT2D eigenvalue weighted by Crippen LogP contribution is -2.28. The second-order valence-corrected chi connectivity index (χ2v) is 8.92. The number of benzene rings is 2. The highest BCUT2D eigenvalue weighted by Gasteiger charge is 2.35. The first-order valence-corrected chi connectivity index (χ1v) is 11.0. The molecule has 1 fully saturated rings. The number of thiazole rings is 1. The van der Waals surface area contributed by atoms with Gasteiger partial charge in [0.15, 0.2) is 0 Å². The van der Waals surface area contributed by atoms with E-state index in [1.807, 2.05) is 44.2 Å². The lowest BCUT2D eigenvalue weighted by atomic mass is 10.1. The molecule has 1 atom stereocenters. The van der Waals surface area contributed by atoms with E-state index in [2.05, 4.69) is 15.6 Å². The number of nitrogens with one attached hydrogen (secondary N) is 2. The average molecular weight is 437 g/mol. The van der Waals surface area contributed by atoms with Gasteiger partial charge in [0, 0.05) is 37.0 Å². The van der Waals surface area contributed by atoms with Gasteiger partial charge >= 0.3 is 0 Å². The minimum Gasteiger partial charge on any atom is -0.326 e. The Morgan fingerprint density at radius 3 is 2.74 bits per heavy atom. The Balaban J connectivity index is 1.51. The predicted octanol–water partition coefficient (Wildman–Crippen LogP) is 4.12. The van der Waals surface area contributed by atoms with E-state index in [1.165, 1.54) is 6.92 Å². The number of aromatic nitrogens is 1. The van der Waals surface area contributed by atoms with Crippen molar-refractivity contribution >= 4 is 56.3 Å². The zero-order chi connectivity index (χ0) is 22.1. The second kappa shape index (κ2) is 8.47. The minimum absolute atomic E-state index is 0.0748. The Morgan fingerprint density at radius 2 is 2.00 bits per heavy atom. The number of aryl methyl sites for hydroxylation is 2. The summed E-state index contributed by atoms with van der Waals surface area (Å²) in [5.74, 6) is -0.898. The van der Waals surface area contributed by atoms with E-state index >= 15 is 0 Å². The van der Waals surface area contributed by atoms with Gasteiger partial charge in [0.2, 0.25) is 17.7 Å². The van der Waals surface area contributed by atoms with Crippen LogP contribution in [0, 0.1) is 12.8 Å². The Labute approximate surface area is 184 Å². The van der Waals surface area contributed by atoms with Crippen LogP contribution in [0.4, 0.5) is 17.1 Å². The molecule has 0 aliphatic carbocycles. The Hall–Kier alpha value is -3.26. The van der Waals surface area contributed by atoms with Crippen LogP contribution in [0.25, 0.3) is 10.2 Å². The van der Waals surface area contributed by atoms with Crippen LogP contribution in [0.3, 0.4) is 0 Å². The zero-order valence-electron chi connectivity index (χ0n) is 17.7. The van der Waals surface area contributed by atoms with Crippen LogP contribution >= 0.6 is 11.3 Å². The monoisotopic (exact) mass is 436 g/mol. The number of anilines is 3. The number of carbonyl (C=O) groups is 3. The summed E-state index contributed by atoms with van der Waals surface area (Å²) in [6.45, 7) is 5.72. The van der Waals surface area contributed by atoms with Gasteiger partial charge in [-0.25, -0.2) is 4.98 Å². The smallest absolute Gasteiger partial charge is 0.229 e. The van der Waals surface area contributed by atoms with E-state index in [9.17, 15) is 14.4 Å². The molecule has 4 rings (SSSR count). The van der Waals surface area contributed by atoms with Crippen molar-refractivity contribution in [1.29, 1.82) is 0 Å². The normalized spacial score (nSPS) is 16.0. The van der Waals surface area contributed by atoms with Crippen molar-refractivity contribution in [3.8, 4) is 0 Å². The standard InChI is InChI=1S/C23H24N4O3S/c1-4-15-5-6-17(24-13(2)28)10-19(15)26-23(30)16-9-22(29)27(12-16)18-7-8-21-20(11-18)25-14(3)31-21/h5-8,10-11,16H,4,9,12H2,1-3H3,(H,24,28)(H,26,30). The lowest BCUT2D eigenvalue weighted by molar-refractivity contribution is -0.122. The highest BCUT2D eigenvalue weighted by Crippen LogP contribution is 2.31. The van der Waals surface area contributed by atoms with Crippen LogP contribution < -0.4 is 15.5 Å². The quantitative estimate of drug-likeness (QED) is 0.629. The van der Waals surface area contributed by atoms with Crippen LogP contribution in [-0.2, 0) is 20.8 Å². The van der Waals surface area contributed by atoms with Crippen molar-refractivity contribution in [3.05, 3.63) is 47.0 Å². The van der Waals surface area contributed by atoms with Crippen LogP contribution in [0.1, 0.15) is 30.8 Å². The molecule has 3 amide bonds. The molecule has 1 unspecified atom stereocenters. The fourth-order valence-electron chi connectivity index (χ4n) is 3.85. The Kier molecular flexibility index (Phi) is 5.73. The van der Waals surface area contributed by atoms with Crippen molar-refractivity contribution in [1.82, 2.24) is 4.98 Å². The molecule has 1 saturated heterocycles. The van der Waals surface area contributed by atoms with E-state index in [1.54, 1.807) is 22.3 Å². The van der Waals surface area contributed by atoms with Gasteiger partial charge in [-0.1, -0.05) is 13.0 Å². The van der Waals surface area contributed by atoms with Crippen molar-refractivity contribution in [2.75, 3.05) is 22.1 Å². The summed E-state index contributed by atoms with van der Waals surface area (Å²) >= 11 is 1.61. The summed E-state index contributed by atoms with van der Waals surface area (Å²) in [4.78, 5) is 43.1. The van der Waals surface area contributed by atoms with Crippen LogP contribution in [0.5, 0.6) is 0 Å². The van der Waals surface area contributed by atoms with Gasteiger partial charge in [0.25, 0.3) is 0 Å². The van der Waals surface area contributed by atoms with Gasteiger partial charge in [-0.15, -0.1) is 11.3 Å². The van der Waals surface area contributed by atoms with Crippen molar-refractivity contribution in [2.45, 2.75) is 33.6 Å². The van der Waals surface area contributed by atoms with E-state index in [0.29, 0.717) is 17.9 Å². The maximum atomic E-state index is 13.0. The summed E-state index contributed by atoms with van der Waals surface area (Å²) in [7, 11) is 0.